The molecule has 0 spiro atoms. The molecule has 0 aliphatic carbocycles. The smallest absolute Gasteiger partial charge is 0.310 e. The van der Waals surface area contributed by atoms with Crippen LogP contribution in [-0.2, 0) is 0 Å². The van der Waals surface area contributed by atoms with Crippen LogP contribution in [0.15, 0.2) is 18.5 Å². The van der Waals surface area contributed by atoms with E-state index >= 15 is 0 Å². The predicted molar refractivity (Wildman–Crippen MR) is 73.7 cm³/mol. The van der Waals surface area contributed by atoms with E-state index in [2.05, 4.69) is 9.88 Å². The third-order valence-corrected chi connectivity index (χ3v) is 4.18. The maximum absolute atomic E-state index is 11.1. The van der Waals surface area contributed by atoms with Crippen molar-refractivity contribution in [3.63, 3.8) is 0 Å². The number of likely N-dealkylation sites (tertiary alicyclic amines) is 1. The van der Waals surface area contributed by atoms with E-state index in [0.29, 0.717) is 18.8 Å². The average Bonchev–Trinajstić information content (AvgIpc) is 3.07. The number of β-amino-alcohol motifs (C(OH)–C–C–N with tert-alkyl or cyclic N) is 1. The fraction of sp³-hybridized carbons (Fsp3) is 0.615. The highest BCUT2D eigenvalue weighted by molar-refractivity contribution is 5.62. The molecule has 0 radical (unpaired) electrons. The molecule has 0 aromatic carbocycles. The van der Waals surface area contributed by atoms with Crippen LogP contribution in [0.25, 0.3) is 0 Å². The van der Waals surface area contributed by atoms with Gasteiger partial charge in [-0.05, 0) is 32.0 Å². The first-order valence-corrected chi connectivity index (χ1v) is 6.92. The monoisotopic (exact) mass is 278 g/mol. The van der Waals surface area contributed by atoms with Crippen molar-refractivity contribution in [1.82, 2.24) is 9.88 Å². The van der Waals surface area contributed by atoms with E-state index in [9.17, 15) is 15.2 Å². The highest BCUT2D eigenvalue weighted by Crippen LogP contribution is 2.31. The van der Waals surface area contributed by atoms with E-state index in [-0.39, 0.29) is 11.7 Å². The van der Waals surface area contributed by atoms with Gasteiger partial charge in [-0.3, -0.25) is 20.0 Å². The Balaban J connectivity index is 1.81. The van der Waals surface area contributed by atoms with Crippen LogP contribution < -0.4 is 4.90 Å². The minimum absolute atomic E-state index is 0.00164. The van der Waals surface area contributed by atoms with E-state index in [1.165, 1.54) is 19.0 Å². The quantitative estimate of drug-likeness (QED) is 0.645. The van der Waals surface area contributed by atoms with Crippen LogP contribution in [0.2, 0.25) is 0 Å². The summed E-state index contributed by atoms with van der Waals surface area (Å²) in [4.78, 5) is 18.6. The predicted octanol–water partition coefficient (Wildman–Crippen LogP) is 0.635. The molecule has 0 amide bonds. The zero-order valence-electron chi connectivity index (χ0n) is 11.2. The summed E-state index contributed by atoms with van der Waals surface area (Å²) in [7, 11) is 0. The van der Waals surface area contributed by atoms with Crippen LogP contribution in [0, 0.1) is 10.1 Å². The second-order valence-electron chi connectivity index (χ2n) is 5.40. The Labute approximate surface area is 117 Å². The molecule has 0 saturated carbocycles. The summed E-state index contributed by atoms with van der Waals surface area (Å²) in [5.74, 6) is 0. The van der Waals surface area contributed by atoms with Crippen molar-refractivity contribution < 1.29 is 10.0 Å². The number of aromatic nitrogens is 1. The summed E-state index contributed by atoms with van der Waals surface area (Å²) in [6.45, 7) is 3.08. The maximum atomic E-state index is 11.1. The van der Waals surface area contributed by atoms with Crippen molar-refractivity contribution in [3.05, 3.63) is 28.6 Å². The van der Waals surface area contributed by atoms with Crippen LogP contribution in [-0.4, -0.2) is 58.2 Å². The van der Waals surface area contributed by atoms with Gasteiger partial charge in [-0.1, -0.05) is 0 Å². The number of hydrogen-bond donors (Lipinski definition) is 1. The van der Waals surface area contributed by atoms with Crippen molar-refractivity contribution in [2.24, 2.45) is 0 Å². The Morgan fingerprint density at radius 1 is 1.35 bits per heavy atom. The average molecular weight is 278 g/mol. The highest BCUT2D eigenvalue weighted by atomic mass is 16.6. The topological polar surface area (TPSA) is 82.7 Å². The van der Waals surface area contributed by atoms with Crippen LogP contribution in [0.1, 0.15) is 12.8 Å². The van der Waals surface area contributed by atoms with Crippen molar-refractivity contribution in [2.75, 3.05) is 31.1 Å². The lowest BCUT2D eigenvalue weighted by atomic mass is 10.2. The summed E-state index contributed by atoms with van der Waals surface area (Å²) in [5.41, 5.74) is 0.549. The molecule has 108 valence electrons. The van der Waals surface area contributed by atoms with E-state index in [0.717, 1.165) is 13.1 Å². The summed E-state index contributed by atoms with van der Waals surface area (Å²) in [6.07, 6.45) is 4.70. The van der Waals surface area contributed by atoms with Gasteiger partial charge in [0.05, 0.1) is 17.1 Å². The van der Waals surface area contributed by atoms with Gasteiger partial charge < -0.3 is 10.0 Å². The number of aliphatic hydroxyl groups is 1. The second kappa shape index (κ2) is 5.34. The molecule has 20 heavy (non-hydrogen) atoms. The van der Waals surface area contributed by atoms with Gasteiger partial charge in [0.25, 0.3) is 0 Å². The number of hydrogen-bond acceptors (Lipinski definition) is 6. The van der Waals surface area contributed by atoms with Gasteiger partial charge in [0.1, 0.15) is 11.9 Å². The minimum Gasteiger partial charge on any atom is -0.390 e. The van der Waals surface area contributed by atoms with Gasteiger partial charge in [0.15, 0.2) is 0 Å². The summed E-state index contributed by atoms with van der Waals surface area (Å²) in [6, 6.07) is 1.72. The molecule has 2 aliphatic heterocycles. The van der Waals surface area contributed by atoms with Gasteiger partial charge in [0, 0.05) is 19.3 Å². The Kier molecular flexibility index (Phi) is 3.54. The van der Waals surface area contributed by atoms with Gasteiger partial charge in [0.2, 0.25) is 0 Å². The first-order valence-electron chi connectivity index (χ1n) is 6.92. The molecule has 1 aromatic heterocycles. The fourth-order valence-corrected chi connectivity index (χ4v) is 3.19. The Morgan fingerprint density at radius 2 is 2.10 bits per heavy atom. The van der Waals surface area contributed by atoms with Gasteiger partial charge in [-0.2, -0.15) is 0 Å². The van der Waals surface area contributed by atoms with Gasteiger partial charge in [-0.15, -0.1) is 0 Å². The molecule has 2 fully saturated rings. The zero-order valence-corrected chi connectivity index (χ0v) is 11.2. The lowest BCUT2D eigenvalue weighted by Gasteiger charge is -2.25. The van der Waals surface area contributed by atoms with Crippen LogP contribution in [0.4, 0.5) is 11.4 Å². The van der Waals surface area contributed by atoms with E-state index in [1.807, 2.05) is 4.90 Å². The molecular weight excluding hydrogens is 260 g/mol. The van der Waals surface area contributed by atoms with Crippen LogP contribution >= 0.6 is 0 Å². The van der Waals surface area contributed by atoms with Crippen molar-refractivity contribution in [3.8, 4) is 0 Å². The number of anilines is 1. The largest absolute Gasteiger partial charge is 0.390 e. The van der Waals surface area contributed by atoms with Crippen LogP contribution in [0.3, 0.4) is 0 Å². The molecule has 2 atom stereocenters. The zero-order chi connectivity index (χ0) is 14.1. The summed E-state index contributed by atoms with van der Waals surface area (Å²) in [5, 5.41) is 21.3. The molecule has 2 aliphatic rings. The molecule has 2 saturated heterocycles. The molecule has 3 heterocycles. The molecule has 3 rings (SSSR count). The van der Waals surface area contributed by atoms with Gasteiger partial charge >= 0.3 is 5.69 Å². The minimum atomic E-state index is -0.458. The third-order valence-electron chi connectivity index (χ3n) is 4.18. The molecule has 7 heteroatoms. The summed E-state index contributed by atoms with van der Waals surface area (Å²) < 4.78 is 0. The number of nitrogens with zero attached hydrogens (tertiary/aromatic N) is 4. The van der Waals surface area contributed by atoms with Crippen LogP contribution in [0.5, 0.6) is 0 Å². The molecule has 1 aromatic rings. The first-order chi connectivity index (χ1) is 9.66. The number of pyridine rings is 1. The maximum Gasteiger partial charge on any atom is 0.310 e. The van der Waals surface area contributed by atoms with E-state index in [4.69, 9.17) is 0 Å². The number of nitro groups is 1. The molecule has 0 unspecified atom stereocenters. The highest BCUT2D eigenvalue weighted by Gasteiger charge is 2.38. The van der Waals surface area contributed by atoms with Gasteiger partial charge in [-0.25, -0.2) is 0 Å². The Morgan fingerprint density at radius 3 is 2.80 bits per heavy atom. The third kappa shape index (κ3) is 2.34. The molecule has 1 N–H and O–H groups in total. The van der Waals surface area contributed by atoms with Crippen molar-refractivity contribution in [1.29, 1.82) is 0 Å². The molecular formula is C13H18N4O3. The molecule has 0 bridgehead atoms. The normalized spacial score (nSPS) is 27.1. The van der Waals surface area contributed by atoms with E-state index in [1.54, 1.807) is 12.3 Å². The molecule has 7 nitrogen and oxygen atoms in total. The Hall–Kier alpha value is -1.73. The second-order valence-corrected chi connectivity index (χ2v) is 5.40. The Bertz CT molecular complexity index is 504. The number of rotatable bonds is 3. The lowest BCUT2D eigenvalue weighted by molar-refractivity contribution is -0.384. The standard InChI is InChI=1S/C13H18N4O3/c18-13-9-16(8-12(13)15-5-1-2-6-15)10-3-4-14-7-11(10)17(19)20/h3-4,7,12-13,18H,1-2,5-6,8-9H2/t12-,13-/m1/s1. The first kappa shape index (κ1) is 13.3. The lowest BCUT2D eigenvalue weighted by Crippen LogP contribution is -2.41. The number of aliphatic hydroxyl groups excluding tert-OH is 1. The summed E-state index contributed by atoms with van der Waals surface area (Å²) >= 11 is 0. The van der Waals surface area contributed by atoms with Crippen molar-refractivity contribution >= 4 is 11.4 Å². The van der Waals surface area contributed by atoms with Crippen molar-refractivity contribution in [2.45, 2.75) is 25.0 Å². The fourth-order valence-electron chi connectivity index (χ4n) is 3.19. The SMILES string of the molecule is O=[N+]([O-])c1cnccc1N1C[C@@H](O)[C@H](N2CCCC2)C1. The van der Waals surface area contributed by atoms with E-state index < -0.39 is 11.0 Å².